The molecule has 13 heavy (non-hydrogen) atoms. The lowest BCUT2D eigenvalue weighted by Gasteiger charge is -2.16. The Kier molecular flexibility index (Phi) is 3.07. The van der Waals surface area contributed by atoms with Crippen LogP contribution in [0.2, 0.25) is 0 Å². The fourth-order valence-corrected chi connectivity index (χ4v) is 1.05. The van der Waals surface area contributed by atoms with Crippen LogP contribution >= 0.6 is 0 Å². The van der Waals surface area contributed by atoms with Gasteiger partial charge in [0.15, 0.2) is 0 Å². The Bertz CT molecular complexity index is 317. The van der Waals surface area contributed by atoms with E-state index in [0.29, 0.717) is 0 Å². The van der Waals surface area contributed by atoms with Gasteiger partial charge >= 0.3 is 0 Å². The van der Waals surface area contributed by atoms with Gasteiger partial charge in [-0.05, 0) is 12.5 Å². The van der Waals surface area contributed by atoms with Gasteiger partial charge in [-0.2, -0.15) is 0 Å². The fourth-order valence-electron chi connectivity index (χ4n) is 1.05. The highest BCUT2D eigenvalue weighted by atomic mass is 16.3. The van der Waals surface area contributed by atoms with Crippen LogP contribution in [0.25, 0.3) is 0 Å². The summed E-state index contributed by atoms with van der Waals surface area (Å²) < 4.78 is 0. The average molecular weight is 176 g/mol. The largest absolute Gasteiger partial charge is 0.384 e. The molecule has 0 aromatic heterocycles. The van der Waals surface area contributed by atoms with Crippen molar-refractivity contribution in [1.82, 2.24) is 0 Å². The summed E-state index contributed by atoms with van der Waals surface area (Å²) in [4.78, 5) is 0. The third kappa shape index (κ3) is 2.59. The van der Waals surface area contributed by atoms with E-state index in [0.717, 1.165) is 5.56 Å². The van der Waals surface area contributed by atoms with Gasteiger partial charge in [0.05, 0.1) is 0 Å². The van der Waals surface area contributed by atoms with Crippen molar-refractivity contribution in [3.8, 4) is 11.8 Å². The van der Waals surface area contributed by atoms with Crippen molar-refractivity contribution in [1.29, 1.82) is 0 Å². The molecule has 0 radical (unpaired) electrons. The molecule has 0 saturated carbocycles. The summed E-state index contributed by atoms with van der Waals surface area (Å²) in [7, 11) is 0. The zero-order chi connectivity index (χ0) is 9.73. The van der Waals surface area contributed by atoms with Gasteiger partial charge in [-0.25, -0.2) is 0 Å². The lowest BCUT2D eigenvalue weighted by Crippen LogP contribution is -2.18. The molecule has 1 unspecified atom stereocenters. The van der Waals surface area contributed by atoms with E-state index in [1.807, 2.05) is 18.2 Å². The van der Waals surface area contributed by atoms with Gasteiger partial charge in [-0.15, -0.1) is 0 Å². The zero-order valence-electron chi connectivity index (χ0n) is 7.49. The van der Waals surface area contributed by atoms with Gasteiger partial charge in [0, 0.05) is 0 Å². The minimum Gasteiger partial charge on any atom is -0.384 e. The molecule has 0 saturated heterocycles. The van der Waals surface area contributed by atoms with E-state index in [1.54, 1.807) is 19.1 Å². The molecule has 1 aromatic carbocycles. The van der Waals surface area contributed by atoms with Crippen LogP contribution in [-0.4, -0.2) is 16.8 Å². The minimum absolute atomic E-state index is 0.233. The van der Waals surface area contributed by atoms with Crippen molar-refractivity contribution in [2.24, 2.45) is 0 Å². The van der Waals surface area contributed by atoms with Crippen LogP contribution in [-0.2, 0) is 5.60 Å². The number of aliphatic hydroxyl groups excluding tert-OH is 1. The Labute approximate surface area is 77.8 Å². The van der Waals surface area contributed by atoms with Gasteiger partial charge in [0.2, 0.25) is 0 Å². The van der Waals surface area contributed by atoms with Gasteiger partial charge in [0.1, 0.15) is 12.2 Å². The lowest BCUT2D eigenvalue weighted by molar-refractivity contribution is 0.122. The maximum absolute atomic E-state index is 9.83. The van der Waals surface area contributed by atoms with Gasteiger partial charge in [0.25, 0.3) is 0 Å². The summed E-state index contributed by atoms with van der Waals surface area (Å²) in [6.07, 6.45) is 0. The third-order valence-corrected chi connectivity index (χ3v) is 1.75. The molecule has 68 valence electrons. The second-order valence-corrected chi connectivity index (χ2v) is 2.90. The number of hydrogen-bond donors (Lipinski definition) is 2. The maximum atomic E-state index is 9.83. The van der Waals surface area contributed by atoms with Crippen LogP contribution < -0.4 is 0 Å². The molecule has 0 spiro atoms. The smallest absolute Gasteiger partial charge is 0.148 e. The molecule has 1 rings (SSSR count). The SMILES string of the molecule is CC(O)(C#CCO)c1ccccc1. The summed E-state index contributed by atoms with van der Waals surface area (Å²) in [5.74, 6) is 5.02. The number of benzene rings is 1. The molecule has 1 atom stereocenters. The maximum Gasteiger partial charge on any atom is 0.148 e. The second kappa shape index (κ2) is 4.08. The van der Waals surface area contributed by atoms with Crippen LogP contribution in [0.4, 0.5) is 0 Å². The Balaban J connectivity index is 2.94. The monoisotopic (exact) mass is 176 g/mol. The van der Waals surface area contributed by atoms with E-state index in [2.05, 4.69) is 11.8 Å². The molecular weight excluding hydrogens is 164 g/mol. The Morgan fingerprint density at radius 2 is 1.92 bits per heavy atom. The van der Waals surface area contributed by atoms with Crippen molar-refractivity contribution in [2.45, 2.75) is 12.5 Å². The first-order valence-corrected chi connectivity index (χ1v) is 4.05. The van der Waals surface area contributed by atoms with Crippen molar-refractivity contribution in [3.05, 3.63) is 35.9 Å². The highest BCUT2D eigenvalue weighted by Gasteiger charge is 2.18. The van der Waals surface area contributed by atoms with E-state index in [-0.39, 0.29) is 6.61 Å². The third-order valence-electron chi connectivity index (χ3n) is 1.75. The Morgan fingerprint density at radius 1 is 1.31 bits per heavy atom. The van der Waals surface area contributed by atoms with Crippen LogP contribution in [0.1, 0.15) is 12.5 Å². The van der Waals surface area contributed by atoms with Crippen molar-refractivity contribution >= 4 is 0 Å². The number of rotatable bonds is 1. The highest BCUT2D eigenvalue weighted by molar-refractivity contribution is 5.30. The zero-order valence-corrected chi connectivity index (χ0v) is 7.49. The summed E-state index contributed by atoms with van der Waals surface area (Å²) in [5, 5.41) is 18.3. The van der Waals surface area contributed by atoms with E-state index in [1.165, 1.54) is 0 Å². The highest BCUT2D eigenvalue weighted by Crippen LogP contribution is 2.18. The minimum atomic E-state index is -1.18. The molecule has 2 nitrogen and oxygen atoms in total. The molecule has 0 heterocycles. The van der Waals surface area contributed by atoms with Crippen LogP contribution in [0.5, 0.6) is 0 Å². The van der Waals surface area contributed by atoms with Gasteiger partial charge in [-0.3, -0.25) is 0 Å². The number of hydrogen-bond acceptors (Lipinski definition) is 2. The quantitative estimate of drug-likeness (QED) is 0.624. The molecule has 0 fully saturated rings. The first-order valence-electron chi connectivity index (χ1n) is 4.05. The average Bonchev–Trinajstić information content (AvgIpc) is 2.16. The molecule has 0 amide bonds. The van der Waals surface area contributed by atoms with Crippen LogP contribution in [0, 0.1) is 11.8 Å². The van der Waals surface area contributed by atoms with Crippen molar-refractivity contribution in [3.63, 3.8) is 0 Å². The van der Waals surface area contributed by atoms with E-state index in [4.69, 9.17) is 5.11 Å². The standard InChI is InChI=1S/C11H12O2/c1-11(13,8-5-9-12)10-6-3-2-4-7-10/h2-4,6-7,12-13H,9H2,1H3. The van der Waals surface area contributed by atoms with Gasteiger partial charge in [-0.1, -0.05) is 42.2 Å². The van der Waals surface area contributed by atoms with Crippen molar-refractivity contribution in [2.75, 3.05) is 6.61 Å². The summed E-state index contributed by atoms with van der Waals surface area (Å²) in [6.45, 7) is 1.37. The number of aliphatic hydroxyl groups is 2. The van der Waals surface area contributed by atoms with Crippen LogP contribution in [0.3, 0.4) is 0 Å². The van der Waals surface area contributed by atoms with E-state index < -0.39 is 5.60 Å². The first-order chi connectivity index (χ1) is 6.17. The Hall–Kier alpha value is -1.30. The first kappa shape index (κ1) is 9.79. The lowest BCUT2D eigenvalue weighted by atomic mass is 9.97. The molecular formula is C11H12O2. The van der Waals surface area contributed by atoms with Gasteiger partial charge < -0.3 is 10.2 Å². The molecule has 0 aliphatic carbocycles. The molecule has 2 heteroatoms. The topological polar surface area (TPSA) is 40.5 Å². The van der Waals surface area contributed by atoms with E-state index in [9.17, 15) is 5.11 Å². The summed E-state index contributed by atoms with van der Waals surface area (Å²) in [5.41, 5.74) is -0.444. The summed E-state index contributed by atoms with van der Waals surface area (Å²) in [6, 6.07) is 9.14. The fraction of sp³-hybridized carbons (Fsp3) is 0.273. The van der Waals surface area contributed by atoms with E-state index >= 15 is 0 Å². The molecule has 0 bridgehead atoms. The predicted molar refractivity (Wildman–Crippen MR) is 50.9 cm³/mol. The normalized spacial score (nSPS) is 14.1. The molecule has 0 aliphatic heterocycles. The van der Waals surface area contributed by atoms with Crippen LogP contribution in [0.15, 0.2) is 30.3 Å². The molecule has 1 aromatic rings. The molecule has 2 N–H and O–H groups in total. The predicted octanol–water partition coefficient (Wildman–Crippen LogP) is 0.890. The molecule has 0 aliphatic rings. The second-order valence-electron chi connectivity index (χ2n) is 2.90. The summed E-state index contributed by atoms with van der Waals surface area (Å²) >= 11 is 0. The Morgan fingerprint density at radius 3 is 2.46 bits per heavy atom. The van der Waals surface area contributed by atoms with Crippen molar-refractivity contribution < 1.29 is 10.2 Å².